The molecule has 2 aromatic carbocycles. The lowest BCUT2D eigenvalue weighted by Crippen LogP contribution is -2.16. The van der Waals surface area contributed by atoms with Gasteiger partial charge in [0.2, 0.25) is 0 Å². The van der Waals surface area contributed by atoms with Gasteiger partial charge >= 0.3 is 10.4 Å². The van der Waals surface area contributed by atoms with Crippen molar-refractivity contribution in [3.63, 3.8) is 0 Å². The van der Waals surface area contributed by atoms with E-state index in [0.29, 0.717) is 5.56 Å². The highest BCUT2D eigenvalue weighted by Crippen LogP contribution is 2.28. The Balaban J connectivity index is 2.57. The third kappa shape index (κ3) is 4.96. The van der Waals surface area contributed by atoms with Crippen LogP contribution in [0.2, 0.25) is 0 Å². The van der Waals surface area contributed by atoms with Gasteiger partial charge in [-0.3, -0.25) is 9.11 Å². The first-order valence-electron chi connectivity index (χ1n) is 6.66. The lowest BCUT2D eigenvalue weighted by Gasteiger charge is -2.10. The van der Waals surface area contributed by atoms with Crippen molar-refractivity contribution in [2.45, 2.75) is 16.7 Å². The number of benzene rings is 2. The van der Waals surface area contributed by atoms with Crippen LogP contribution in [0.25, 0.3) is 10.8 Å². The molecule has 2 rings (SSSR count). The minimum atomic E-state index is -4.80. The average Bonchev–Trinajstić information content (AvgIpc) is 2.43. The summed E-state index contributed by atoms with van der Waals surface area (Å²) >= 11 is 0. The summed E-state index contributed by atoms with van der Waals surface area (Å²) in [5.74, 6) is -0.824. The molecule has 0 atom stereocenters. The van der Waals surface area contributed by atoms with Gasteiger partial charge in [-0.1, -0.05) is 23.8 Å². The maximum absolute atomic E-state index is 12.3. The van der Waals surface area contributed by atoms with E-state index in [1.807, 2.05) is 0 Å². The molecule has 0 heterocycles. The van der Waals surface area contributed by atoms with Crippen LogP contribution in [0.3, 0.4) is 0 Å². The molecule has 0 radical (unpaired) electrons. The van der Waals surface area contributed by atoms with Crippen molar-refractivity contribution < 1.29 is 38.5 Å². The Morgan fingerprint density at radius 2 is 1.60 bits per heavy atom. The molecule has 0 aliphatic carbocycles. The first-order valence-corrected chi connectivity index (χ1v) is 11.1. The van der Waals surface area contributed by atoms with Crippen molar-refractivity contribution in [2.24, 2.45) is 0 Å². The first-order chi connectivity index (χ1) is 11.3. The molecule has 0 unspecified atom stereocenters. The number of hydrogen-bond donors (Lipinski definition) is 2. The fraction of sp³-hybridized carbons (Fsp3) is 0.231. The van der Waals surface area contributed by atoms with Gasteiger partial charge in [0.25, 0.3) is 10.1 Å². The topological polar surface area (TPSA) is 152 Å². The van der Waals surface area contributed by atoms with Gasteiger partial charge in [-0.05, 0) is 24.4 Å². The molecule has 0 fully saturated rings. The quantitative estimate of drug-likeness (QED) is 0.664. The van der Waals surface area contributed by atoms with Crippen LogP contribution in [0.15, 0.2) is 40.1 Å². The lowest BCUT2D eigenvalue weighted by atomic mass is 10.1. The second-order valence-electron chi connectivity index (χ2n) is 5.19. The zero-order valence-electron chi connectivity index (χ0n) is 12.8. The van der Waals surface area contributed by atoms with Crippen LogP contribution in [0.4, 0.5) is 0 Å². The van der Waals surface area contributed by atoms with E-state index >= 15 is 0 Å². The molecule has 0 spiro atoms. The van der Waals surface area contributed by atoms with Crippen LogP contribution in [0, 0.1) is 6.92 Å². The molecule has 9 nitrogen and oxygen atoms in total. The van der Waals surface area contributed by atoms with E-state index in [4.69, 9.17) is 4.55 Å². The van der Waals surface area contributed by atoms with Gasteiger partial charge in [-0.15, -0.1) is 0 Å². The molecule has 2 N–H and O–H groups in total. The molecule has 138 valence electrons. The second-order valence-corrected chi connectivity index (χ2v) is 9.78. The average molecular weight is 410 g/mol. The van der Waals surface area contributed by atoms with Crippen molar-refractivity contribution in [1.29, 1.82) is 0 Å². The SMILES string of the molecule is Cc1ccc2cc(S(=O)(=O)CCOS(=O)(=O)O)cc(S(=O)(=O)O)c2c1. The summed E-state index contributed by atoms with van der Waals surface area (Å²) < 4.78 is 90.5. The van der Waals surface area contributed by atoms with Gasteiger partial charge in [-0.25, -0.2) is 12.6 Å². The lowest BCUT2D eigenvalue weighted by molar-refractivity contribution is 0.284. The normalized spacial score (nSPS) is 13.2. The molecule has 0 aliphatic heterocycles. The molecule has 0 amide bonds. The number of aryl methyl sites for hydroxylation is 1. The number of fused-ring (bicyclic) bond motifs is 1. The van der Waals surface area contributed by atoms with E-state index in [9.17, 15) is 29.8 Å². The third-order valence-corrected chi connectivity index (χ3v) is 6.28. The Morgan fingerprint density at radius 3 is 2.16 bits per heavy atom. The number of hydrogen-bond acceptors (Lipinski definition) is 7. The monoisotopic (exact) mass is 410 g/mol. The van der Waals surface area contributed by atoms with Gasteiger partial charge in [0.05, 0.1) is 17.3 Å². The van der Waals surface area contributed by atoms with Crippen LogP contribution in [-0.2, 0) is 34.5 Å². The molecular weight excluding hydrogens is 396 g/mol. The molecule has 12 heteroatoms. The summed E-state index contributed by atoms with van der Waals surface area (Å²) in [6.07, 6.45) is 0. The van der Waals surface area contributed by atoms with E-state index < -0.39 is 52.5 Å². The Hall–Kier alpha value is -1.57. The Bertz CT molecular complexity index is 1130. The van der Waals surface area contributed by atoms with Crippen LogP contribution in [0.1, 0.15) is 5.56 Å². The van der Waals surface area contributed by atoms with E-state index in [0.717, 1.165) is 6.07 Å². The van der Waals surface area contributed by atoms with Crippen molar-refractivity contribution >= 4 is 41.1 Å². The fourth-order valence-corrected chi connectivity index (χ4v) is 4.52. The van der Waals surface area contributed by atoms with Crippen LogP contribution < -0.4 is 0 Å². The molecule has 0 aromatic heterocycles. The maximum Gasteiger partial charge on any atom is 0.397 e. The van der Waals surface area contributed by atoms with E-state index in [2.05, 4.69) is 4.18 Å². The first kappa shape index (κ1) is 19.8. The largest absolute Gasteiger partial charge is 0.397 e. The van der Waals surface area contributed by atoms with Gasteiger partial charge in [0.1, 0.15) is 4.90 Å². The molecule has 2 aromatic rings. The second kappa shape index (κ2) is 6.63. The van der Waals surface area contributed by atoms with Gasteiger partial charge in [0, 0.05) is 5.39 Å². The van der Waals surface area contributed by atoms with Crippen LogP contribution in [0.5, 0.6) is 0 Å². The van der Waals surface area contributed by atoms with Crippen molar-refractivity contribution in [3.8, 4) is 0 Å². The van der Waals surface area contributed by atoms with Gasteiger partial charge < -0.3 is 0 Å². The van der Waals surface area contributed by atoms with Crippen molar-refractivity contribution in [1.82, 2.24) is 0 Å². The van der Waals surface area contributed by atoms with Gasteiger partial charge in [-0.2, -0.15) is 16.8 Å². The molecule has 0 saturated heterocycles. The highest BCUT2D eigenvalue weighted by Gasteiger charge is 2.22. The summed E-state index contributed by atoms with van der Waals surface area (Å²) in [6, 6.07) is 6.60. The van der Waals surface area contributed by atoms with E-state index in [1.165, 1.54) is 18.2 Å². The smallest absolute Gasteiger partial charge is 0.282 e. The number of sulfone groups is 1. The predicted octanol–water partition coefficient (Wildman–Crippen LogP) is 0.988. The molecule has 0 aliphatic rings. The predicted molar refractivity (Wildman–Crippen MR) is 88.1 cm³/mol. The highest BCUT2D eigenvalue weighted by molar-refractivity contribution is 7.91. The Morgan fingerprint density at radius 1 is 0.960 bits per heavy atom. The summed E-state index contributed by atoms with van der Waals surface area (Å²) in [4.78, 5) is -1.02. The Labute approximate surface area is 144 Å². The summed E-state index contributed by atoms with van der Waals surface area (Å²) in [6.45, 7) is 0.846. The molecular formula is C13H14O9S3. The molecule has 25 heavy (non-hydrogen) atoms. The zero-order chi connectivity index (χ0) is 19.0. The van der Waals surface area contributed by atoms with Crippen LogP contribution in [-0.4, -0.2) is 46.7 Å². The van der Waals surface area contributed by atoms with Crippen molar-refractivity contribution in [3.05, 3.63) is 35.9 Å². The summed E-state index contributed by atoms with van der Waals surface area (Å²) in [7, 11) is -13.6. The molecule has 0 bridgehead atoms. The number of rotatable bonds is 6. The van der Waals surface area contributed by atoms with E-state index in [1.54, 1.807) is 13.0 Å². The van der Waals surface area contributed by atoms with Crippen molar-refractivity contribution in [2.75, 3.05) is 12.4 Å². The minimum absolute atomic E-state index is 0.149. The fourth-order valence-electron chi connectivity index (χ4n) is 2.17. The molecule has 0 saturated carbocycles. The van der Waals surface area contributed by atoms with Crippen LogP contribution >= 0.6 is 0 Å². The zero-order valence-corrected chi connectivity index (χ0v) is 15.2. The highest BCUT2D eigenvalue weighted by atomic mass is 32.3. The Kier molecular flexibility index (Phi) is 5.23. The minimum Gasteiger partial charge on any atom is -0.282 e. The standard InChI is InChI=1S/C13H14O9S3/c1-9-2-3-10-7-11(8-13(12(10)6-9)24(16,17)18)23(14,15)5-4-22-25(19,20)21/h2-3,6-8H,4-5H2,1H3,(H,16,17,18)(H,19,20,21). The maximum atomic E-state index is 12.3. The van der Waals surface area contributed by atoms with E-state index in [-0.39, 0.29) is 10.8 Å². The summed E-state index contributed by atoms with van der Waals surface area (Å²) in [5.41, 5.74) is 0.703. The van der Waals surface area contributed by atoms with Gasteiger partial charge in [0.15, 0.2) is 9.84 Å². The third-order valence-electron chi connectivity index (χ3n) is 3.27. The summed E-state index contributed by atoms with van der Waals surface area (Å²) in [5, 5.41) is 0.408.